The van der Waals surface area contributed by atoms with E-state index in [2.05, 4.69) is 35.0 Å². The average molecular weight is 321 g/mol. The van der Waals surface area contributed by atoms with Crippen LogP contribution in [0, 0.1) is 0 Å². The van der Waals surface area contributed by atoms with E-state index in [4.69, 9.17) is 4.74 Å². The molecule has 0 heterocycles. The maximum atomic E-state index is 9.57. The monoisotopic (exact) mass is 320 g/mol. The minimum Gasteiger partial charge on any atom is -0.457 e. The first kappa shape index (κ1) is 14.1. The van der Waals surface area contributed by atoms with E-state index in [1.165, 1.54) is 5.56 Å². The lowest BCUT2D eigenvalue weighted by molar-refractivity contribution is 0.198. The number of rotatable bonds is 4. The van der Waals surface area contributed by atoms with Crippen LogP contribution in [0.2, 0.25) is 0 Å². The molecule has 0 radical (unpaired) electrons. The molecule has 0 aliphatic heterocycles. The van der Waals surface area contributed by atoms with Gasteiger partial charge in [0.2, 0.25) is 0 Å². The highest BCUT2D eigenvalue weighted by molar-refractivity contribution is 9.10. The standard InChI is InChI=1S/C16H17BrO2/c1-3-12-4-6-13(7-5-12)19-14-8-9-15(11(2)18)16(17)10-14/h4-11,18H,3H2,1-2H3/t11-/m0/s1. The van der Waals surface area contributed by atoms with Crippen molar-refractivity contribution in [1.82, 2.24) is 0 Å². The molecular formula is C16H17BrO2. The highest BCUT2D eigenvalue weighted by Crippen LogP contribution is 2.30. The third kappa shape index (κ3) is 3.58. The summed E-state index contributed by atoms with van der Waals surface area (Å²) in [7, 11) is 0. The fourth-order valence-corrected chi connectivity index (χ4v) is 2.53. The summed E-state index contributed by atoms with van der Waals surface area (Å²) in [6, 6.07) is 13.7. The third-order valence-corrected chi connectivity index (χ3v) is 3.68. The van der Waals surface area contributed by atoms with E-state index >= 15 is 0 Å². The van der Waals surface area contributed by atoms with Crippen LogP contribution in [0.4, 0.5) is 0 Å². The zero-order valence-corrected chi connectivity index (χ0v) is 12.6. The van der Waals surface area contributed by atoms with Gasteiger partial charge in [0.1, 0.15) is 11.5 Å². The van der Waals surface area contributed by atoms with Crippen LogP contribution < -0.4 is 4.74 Å². The molecule has 1 N–H and O–H groups in total. The van der Waals surface area contributed by atoms with Crippen LogP contribution in [0.25, 0.3) is 0 Å². The molecule has 0 fully saturated rings. The quantitative estimate of drug-likeness (QED) is 0.871. The summed E-state index contributed by atoms with van der Waals surface area (Å²) in [4.78, 5) is 0. The van der Waals surface area contributed by atoms with Crippen molar-refractivity contribution in [2.45, 2.75) is 26.4 Å². The Morgan fingerprint density at radius 1 is 1.11 bits per heavy atom. The Morgan fingerprint density at radius 2 is 1.74 bits per heavy atom. The minimum atomic E-state index is -0.493. The molecule has 2 aromatic carbocycles. The number of aryl methyl sites for hydroxylation is 1. The lowest BCUT2D eigenvalue weighted by Gasteiger charge is -2.11. The van der Waals surface area contributed by atoms with E-state index in [0.717, 1.165) is 28.0 Å². The number of benzene rings is 2. The van der Waals surface area contributed by atoms with Crippen molar-refractivity contribution in [1.29, 1.82) is 0 Å². The second kappa shape index (κ2) is 6.22. The molecule has 2 nitrogen and oxygen atoms in total. The summed E-state index contributed by atoms with van der Waals surface area (Å²) < 4.78 is 6.63. The first-order valence-corrected chi connectivity index (χ1v) is 7.13. The molecule has 2 rings (SSSR count). The van der Waals surface area contributed by atoms with Crippen LogP contribution >= 0.6 is 15.9 Å². The van der Waals surface area contributed by atoms with E-state index in [-0.39, 0.29) is 0 Å². The van der Waals surface area contributed by atoms with Crippen LogP contribution in [0.1, 0.15) is 31.1 Å². The molecule has 19 heavy (non-hydrogen) atoms. The molecule has 100 valence electrons. The van der Waals surface area contributed by atoms with Crippen LogP contribution in [0.15, 0.2) is 46.9 Å². The van der Waals surface area contributed by atoms with Crippen LogP contribution in [0.5, 0.6) is 11.5 Å². The fourth-order valence-electron chi connectivity index (χ4n) is 1.84. The Bertz CT molecular complexity index is 547. The minimum absolute atomic E-state index is 0.493. The van der Waals surface area contributed by atoms with Crippen LogP contribution in [-0.4, -0.2) is 5.11 Å². The molecule has 0 aromatic heterocycles. The Morgan fingerprint density at radius 3 is 2.26 bits per heavy atom. The zero-order valence-electron chi connectivity index (χ0n) is 11.1. The highest BCUT2D eigenvalue weighted by atomic mass is 79.9. The van der Waals surface area contributed by atoms with Gasteiger partial charge in [-0.2, -0.15) is 0 Å². The fraction of sp³-hybridized carbons (Fsp3) is 0.250. The second-order valence-corrected chi connectivity index (χ2v) is 5.31. The average Bonchev–Trinajstić information content (AvgIpc) is 2.39. The Labute approximate surface area is 122 Å². The normalized spacial score (nSPS) is 12.2. The predicted octanol–water partition coefficient (Wildman–Crippen LogP) is 4.86. The smallest absolute Gasteiger partial charge is 0.128 e. The van der Waals surface area contributed by atoms with Gasteiger partial charge in [-0.1, -0.05) is 41.1 Å². The first-order chi connectivity index (χ1) is 9.10. The molecule has 0 spiro atoms. The molecular weight excluding hydrogens is 304 g/mol. The Hall–Kier alpha value is -1.32. The van der Waals surface area contributed by atoms with E-state index < -0.39 is 6.10 Å². The van der Waals surface area contributed by atoms with E-state index in [1.807, 2.05) is 30.3 Å². The lowest BCUT2D eigenvalue weighted by Crippen LogP contribution is -1.93. The van der Waals surface area contributed by atoms with Crippen LogP contribution in [-0.2, 0) is 6.42 Å². The van der Waals surface area contributed by atoms with Gasteiger partial charge in [-0.3, -0.25) is 0 Å². The second-order valence-electron chi connectivity index (χ2n) is 4.46. The van der Waals surface area contributed by atoms with Gasteiger partial charge in [0.15, 0.2) is 0 Å². The zero-order chi connectivity index (χ0) is 13.8. The van der Waals surface area contributed by atoms with Gasteiger partial charge in [-0.25, -0.2) is 0 Å². The number of aliphatic hydroxyl groups is 1. The summed E-state index contributed by atoms with van der Waals surface area (Å²) in [5.41, 5.74) is 2.15. The van der Waals surface area contributed by atoms with Crippen molar-refractivity contribution in [3.05, 3.63) is 58.1 Å². The Kier molecular flexibility index (Phi) is 4.61. The lowest BCUT2D eigenvalue weighted by atomic mass is 10.1. The molecule has 0 aliphatic carbocycles. The van der Waals surface area contributed by atoms with Crippen molar-refractivity contribution in [3.63, 3.8) is 0 Å². The van der Waals surface area contributed by atoms with Gasteiger partial charge in [0.25, 0.3) is 0 Å². The number of hydrogen-bond donors (Lipinski definition) is 1. The third-order valence-electron chi connectivity index (χ3n) is 2.99. The topological polar surface area (TPSA) is 29.5 Å². The summed E-state index contributed by atoms with van der Waals surface area (Å²) in [6.45, 7) is 3.87. The highest BCUT2D eigenvalue weighted by Gasteiger charge is 2.07. The largest absolute Gasteiger partial charge is 0.457 e. The number of halogens is 1. The van der Waals surface area contributed by atoms with Gasteiger partial charge >= 0.3 is 0 Å². The van der Waals surface area contributed by atoms with Crippen molar-refractivity contribution < 1.29 is 9.84 Å². The van der Waals surface area contributed by atoms with Gasteiger partial charge < -0.3 is 9.84 Å². The van der Waals surface area contributed by atoms with Crippen molar-refractivity contribution in [2.75, 3.05) is 0 Å². The Balaban J connectivity index is 2.16. The molecule has 0 saturated carbocycles. The summed E-state index contributed by atoms with van der Waals surface area (Å²) in [5.74, 6) is 1.56. The molecule has 0 bridgehead atoms. The maximum Gasteiger partial charge on any atom is 0.128 e. The number of hydrogen-bond acceptors (Lipinski definition) is 2. The molecule has 0 saturated heterocycles. The van der Waals surface area contributed by atoms with Gasteiger partial charge in [-0.15, -0.1) is 0 Å². The van der Waals surface area contributed by atoms with E-state index in [9.17, 15) is 5.11 Å². The number of ether oxygens (including phenoxy) is 1. The maximum absolute atomic E-state index is 9.57. The van der Waals surface area contributed by atoms with Crippen LogP contribution in [0.3, 0.4) is 0 Å². The van der Waals surface area contributed by atoms with Gasteiger partial charge in [0, 0.05) is 4.47 Å². The molecule has 1 atom stereocenters. The van der Waals surface area contributed by atoms with E-state index in [0.29, 0.717) is 0 Å². The molecule has 0 amide bonds. The first-order valence-electron chi connectivity index (χ1n) is 6.34. The molecule has 0 unspecified atom stereocenters. The molecule has 2 aromatic rings. The molecule has 0 aliphatic rings. The van der Waals surface area contributed by atoms with Gasteiger partial charge in [0.05, 0.1) is 6.10 Å². The SMILES string of the molecule is CCc1ccc(Oc2ccc([C@H](C)O)c(Br)c2)cc1. The van der Waals surface area contributed by atoms with Gasteiger partial charge in [-0.05, 0) is 48.7 Å². The van der Waals surface area contributed by atoms with Crippen molar-refractivity contribution in [2.24, 2.45) is 0 Å². The van der Waals surface area contributed by atoms with Crippen molar-refractivity contribution in [3.8, 4) is 11.5 Å². The number of aliphatic hydroxyl groups excluding tert-OH is 1. The molecule has 3 heteroatoms. The van der Waals surface area contributed by atoms with Crippen molar-refractivity contribution >= 4 is 15.9 Å². The summed E-state index contributed by atoms with van der Waals surface area (Å²) in [5, 5.41) is 9.57. The summed E-state index contributed by atoms with van der Waals surface area (Å²) in [6.07, 6.45) is 0.529. The summed E-state index contributed by atoms with van der Waals surface area (Å²) >= 11 is 3.44. The van der Waals surface area contributed by atoms with E-state index in [1.54, 1.807) is 6.92 Å². The predicted molar refractivity (Wildman–Crippen MR) is 80.7 cm³/mol.